The van der Waals surface area contributed by atoms with Gasteiger partial charge in [0.2, 0.25) is 0 Å². The Labute approximate surface area is 105 Å². The summed E-state index contributed by atoms with van der Waals surface area (Å²) in [4.78, 5) is 13.4. The molecular weight excluding hydrogens is 228 g/mol. The fourth-order valence-electron chi connectivity index (χ4n) is 2.61. The number of fused-ring (bicyclic) bond motifs is 1. The van der Waals surface area contributed by atoms with E-state index in [-0.39, 0.29) is 5.92 Å². The fourth-order valence-corrected chi connectivity index (χ4v) is 3.36. The number of thiophene rings is 1. The van der Waals surface area contributed by atoms with Crippen molar-refractivity contribution in [1.29, 1.82) is 0 Å². The molecule has 86 valence electrons. The van der Waals surface area contributed by atoms with Gasteiger partial charge in [0.05, 0.1) is 0 Å². The van der Waals surface area contributed by atoms with Crippen LogP contribution in [0.2, 0.25) is 0 Å². The van der Waals surface area contributed by atoms with E-state index >= 15 is 0 Å². The van der Waals surface area contributed by atoms with Gasteiger partial charge < -0.3 is 0 Å². The van der Waals surface area contributed by atoms with Gasteiger partial charge in [0.1, 0.15) is 0 Å². The number of carbonyl (C=O) groups excluding carboxylic acids is 1. The molecule has 0 N–H and O–H groups in total. The maximum Gasteiger partial charge on any atom is 0.166 e. The predicted octanol–water partition coefficient (Wildman–Crippen LogP) is 4.10. The molecule has 1 nitrogen and oxygen atoms in total. The highest BCUT2D eigenvalue weighted by atomic mass is 32.1. The number of carbonyl (C=O) groups is 1. The van der Waals surface area contributed by atoms with E-state index in [0.717, 1.165) is 17.5 Å². The molecule has 0 saturated heterocycles. The summed E-state index contributed by atoms with van der Waals surface area (Å²) >= 11 is 1.70. The third-order valence-corrected chi connectivity index (χ3v) is 4.27. The lowest BCUT2D eigenvalue weighted by molar-refractivity contribution is 0.0947. The second kappa shape index (κ2) is 3.81. The van der Waals surface area contributed by atoms with Gasteiger partial charge in [-0.3, -0.25) is 4.79 Å². The summed E-state index contributed by atoms with van der Waals surface area (Å²) in [5.41, 5.74) is 4.56. The standard InChI is InChI=1S/C15H14OS/c1-9-6-11-8-10(2)15(16)14(11)12(7-9)13-4-3-5-17-13/h3-7,10H,8H2,1-2H3. The van der Waals surface area contributed by atoms with E-state index in [4.69, 9.17) is 0 Å². The van der Waals surface area contributed by atoms with Crippen molar-refractivity contribution in [2.24, 2.45) is 5.92 Å². The van der Waals surface area contributed by atoms with Crippen LogP contribution >= 0.6 is 11.3 Å². The van der Waals surface area contributed by atoms with E-state index in [1.54, 1.807) is 11.3 Å². The highest BCUT2D eigenvalue weighted by Gasteiger charge is 2.30. The van der Waals surface area contributed by atoms with Gasteiger partial charge in [0.15, 0.2) is 5.78 Å². The van der Waals surface area contributed by atoms with Crippen molar-refractivity contribution in [2.45, 2.75) is 20.3 Å². The molecule has 1 atom stereocenters. The fraction of sp³-hybridized carbons (Fsp3) is 0.267. The van der Waals surface area contributed by atoms with Crippen LogP contribution in [0, 0.1) is 12.8 Å². The van der Waals surface area contributed by atoms with Gasteiger partial charge in [-0.15, -0.1) is 11.3 Å². The zero-order chi connectivity index (χ0) is 12.0. The monoisotopic (exact) mass is 242 g/mol. The molecule has 1 heterocycles. The Morgan fingerprint density at radius 1 is 1.35 bits per heavy atom. The topological polar surface area (TPSA) is 17.1 Å². The molecule has 17 heavy (non-hydrogen) atoms. The zero-order valence-electron chi connectivity index (χ0n) is 9.99. The van der Waals surface area contributed by atoms with Crippen LogP contribution in [0.25, 0.3) is 10.4 Å². The van der Waals surface area contributed by atoms with Crippen molar-refractivity contribution in [3.63, 3.8) is 0 Å². The van der Waals surface area contributed by atoms with Gasteiger partial charge in [-0.05, 0) is 36.4 Å². The Morgan fingerprint density at radius 2 is 2.18 bits per heavy atom. The van der Waals surface area contributed by atoms with Crippen LogP contribution in [0.5, 0.6) is 0 Å². The molecule has 0 spiro atoms. The highest BCUT2D eigenvalue weighted by molar-refractivity contribution is 7.13. The maximum atomic E-state index is 12.2. The molecule has 1 aliphatic rings. The first-order valence-corrected chi connectivity index (χ1v) is 6.76. The number of ketones is 1. The summed E-state index contributed by atoms with van der Waals surface area (Å²) in [6, 6.07) is 8.43. The van der Waals surface area contributed by atoms with Crippen molar-refractivity contribution in [2.75, 3.05) is 0 Å². The molecule has 1 aromatic heterocycles. The lowest BCUT2D eigenvalue weighted by atomic mass is 9.98. The number of aryl methyl sites for hydroxylation is 1. The minimum Gasteiger partial charge on any atom is -0.294 e. The molecule has 0 saturated carbocycles. The normalized spacial score (nSPS) is 18.5. The van der Waals surface area contributed by atoms with Gasteiger partial charge in [0.25, 0.3) is 0 Å². The van der Waals surface area contributed by atoms with E-state index in [1.165, 1.54) is 16.0 Å². The molecule has 0 amide bonds. The summed E-state index contributed by atoms with van der Waals surface area (Å²) in [6.07, 6.45) is 0.897. The zero-order valence-corrected chi connectivity index (χ0v) is 10.8. The summed E-state index contributed by atoms with van der Waals surface area (Å²) in [7, 11) is 0. The highest BCUT2D eigenvalue weighted by Crippen LogP contribution is 2.37. The molecule has 0 bridgehead atoms. The molecular formula is C15H14OS. The largest absolute Gasteiger partial charge is 0.294 e. The first kappa shape index (κ1) is 10.7. The minimum atomic E-state index is 0.144. The average Bonchev–Trinajstić information content (AvgIpc) is 2.88. The van der Waals surface area contributed by atoms with Crippen LogP contribution in [0.3, 0.4) is 0 Å². The first-order valence-electron chi connectivity index (χ1n) is 5.88. The number of Topliss-reactive ketones (excluding diaryl/α,β-unsaturated/α-hetero) is 1. The Balaban J connectivity index is 2.27. The number of benzene rings is 1. The molecule has 2 aromatic rings. The molecule has 1 unspecified atom stereocenters. The summed E-state index contributed by atoms with van der Waals surface area (Å²) < 4.78 is 0. The van der Waals surface area contributed by atoms with Gasteiger partial charge in [-0.25, -0.2) is 0 Å². The van der Waals surface area contributed by atoms with Crippen LogP contribution < -0.4 is 0 Å². The van der Waals surface area contributed by atoms with E-state index in [2.05, 4.69) is 30.5 Å². The van der Waals surface area contributed by atoms with Crippen molar-refractivity contribution in [3.05, 3.63) is 46.3 Å². The Morgan fingerprint density at radius 3 is 2.88 bits per heavy atom. The third kappa shape index (κ3) is 1.64. The lowest BCUT2D eigenvalue weighted by Gasteiger charge is -2.07. The molecule has 1 aliphatic carbocycles. The van der Waals surface area contributed by atoms with Crippen LogP contribution in [-0.2, 0) is 6.42 Å². The van der Waals surface area contributed by atoms with Crippen molar-refractivity contribution in [3.8, 4) is 10.4 Å². The van der Waals surface area contributed by atoms with Crippen LogP contribution in [0.15, 0.2) is 29.6 Å². The molecule has 0 radical (unpaired) electrons. The predicted molar refractivity (Wildman–Crippen MR) is 71.7 cm³/mol. The second-order valence-electron chi connectivity index (χ2n) is 4.79. The van der Waals surface area contributed by atoms with E-state index in [0.29, 0.717) is 5.78 Å². The van der Waals surface area contributed by atoms with E-state index < -0.39 is 0 Å². The van der Waals surface area contributed by atoms with Gasteiger partial charge in [-0.1, -0.05) is 24.6 Å². The molecule has 0 fully saturated rings. The van der Waals surface area contributed by atoms with Crippen molar-refractivity contribution >= 4 is 17.1 Å². The van der Waals surface area contributed by atoms with Crippen LogP contribution in [-0.4, -0.2) is 5.78 Å². The Bertz CT molecular complexity index is 581. The van der Waals surface area contributed by atoms with E-state index in [9.17, 15) is 4.79 Å². The van der Waals surface area contributed by atoms with Gasteiger partial charge >= 0.3 is 0 Å². The van der Waals surface area contributed by atoms with Crippen LogP contribution in [0.4, 0.5) is 0 Å². The Hall–Kier alpha value is -1.41. The maximum absolute atomic E-state index is 12.2. The van der Waals surface area contributed by atoms with Crippen LogP contribution in [0.1, 0.15) is 28.4 Å². The number of hydrogen-bond acceptors (Lipinski definition) is 2. The van der Waals surface area contributed by atoms with Crippen molar-refractivity contribution < 1.29 is 4.79 Å². The molecule has 1 aromatic carbocycles. The Kier molecular flexibility index (Phi) is 2.40. The minimum absolute atomic E-state index is 0.144. The summed E-state index contributed by atoms with van der Waals surface area (Å²) in [5.74, 6) is 0.453. The quantitative estimate of drug-likeness (QED) is 0.736. The lowest BCUT2D eigenvalue weighted by Crippen LogP contribution is -2.04. The summed E-state index contributed by atoms with van der Waals surface area (Å²) in [5, 5.41) is 2.06. The molecule has 3 rings (SSSR count). The van der Waals surface area contributed by atoms with Gasteiger partial charge in [-0.2, -0.15) is 0 Å². The van der Waals surface area contributed by atoms with Crippen molar-refractivity contribution in [1.82, 2.24) is 0 Å². The summed E-state index contributed by atoms with van der Waals surface area (Å²) in [6.45, 7) is 4.13. The molecule has 0 aliphatic heterocycles. The number of hydrogen-bond donors (Lipinski definition) is 0. The van der Waals surface area contributed by atoms with Gasteiger partial charge in [0, 0.05) is 21.9 Å². The second-order valence-corrected chi connectivity index (χ2v) is 5.74. The average molecular weight is 242 g/mol. The molecule has 2 heteroatoms. The SMILES string of the molecule is Cc1cc2c(c(-c3cccs3)c1)C(=O)C(C)C2. The third-order valence-electron chi connectivity index (χ3n) is 3.37. The first-order chi connectivity index (χ1) is 8.16. The van der Waals surface area contributed by atoms with E-state index in [1.807, 2.05) is 13.0 Å². The smallest absolute Gasteiger partial charge is 0.166 e. The number of rotatable bonds is 1.